The largest absolute Gasteiger partial charge is 0.392 e. The molecule has 0 fully saturated rings. The van der Waals surface area contributed by atoms with Gasteiger partial charge in [0.1, 0.15) is 0 Å². The maximum atomic E-state index is 9.19. The summed E-state index contributed by atoms with van der Waals surface area (Å²) in [7, 11) is 0. The lowest BCUT2D eigenvalue weighted by atomic mass is 10.0. The van der Waals surface area contributed by atoms with Crippen LogP contribution in [0.1, 0.15) is 18.1 Å². The molecular formula is C11H11ClOS. The van der Waals surface area contributed by atoms with Gasteiger partial charge in [-0.3, -0.25) is 0 Å². The molecule has 0 amide bonds. The summed E-state index contributed by atoms with van der Waals surface area (Å²) < 4.78 is 2.00. The zero-order valence-electron chi connectivity index (χ0n) is 7.88. The molecule has 0 saturated heterocycles. The third kappa shape index (κ3) is 1.65. The van der Waals surface area contributed by atoms with Crippen LogP contribution in [0.15, 0.2) is 18.2 Å². The minimum Gasteiger partial charge on any atom is -0.392 e. The van der Waals surface area contributed by atoms with Crippen LogP contribution in [-0.2, 0) is 13.0 Å². The maximum absolute atomic E-state index is 9.19. The Hall–Kier alpha value is -0.570. The van der Waals surface area contributed by atoms with Crippen LogP contribution in [-0.4, -0.2) is 5.11 Å². The van der Waals surface area contributed by atoms with Crippen LogP contribution in [0.25, 0.3) is 10.1 Å². The first kappa shape index (κ1) is 9.97. The van der Waals surface area contributed by atoms with Gasteiger partial charge in [-0.1, -0.05) is 18.5 Å². The zero-order chi connectivity index (χ0) is 10.1. The number of hydrogen-bond acceptors (Lipinski definition) is 2. The second kappa shape index (κ2) is 3.89. The lowest BCUT2D eigenvalue weighted by molar-refractivity contribution is 0.281. The van der Waals surface area contributed by atoms with Gasteiger partial charge in [0.05, 0.1) is 10.9 Å². The van der Waals surface area contributed by atoms with Crippen LogP contribution in [0.3, 0.4) is 0 Å². The van der Waals surface area contributed by atoms with Gasteiger partial charge < -0.3 is 5.11 Å². The molecule has 0 saturated carbocycles. The van der Waals surface area contributed by atoms with Crippen LogP contribution in [0.2, 0.25) is 4.34 Å². The van der Waals surface area contributed by atoms with Gasteiger partial charge in [-0.05, 0) is 41.1 Å². The summed E-state index contributed by atoms with van der Waals surface area (Å²) in [6, 6.07) is 6.09. The molecule has 1 nitrogen and oxygen atoms in total. The molecule has 0 radical (unpaired) electrons. The van der Waals surface area contributed by atoms with Gasteiger partial charge in [0.15, 0.2) is 0 Å². The molecule has 0 spiro atoms. The zero-order valence-corrected chi connectivity index (χ0v) is 9.45. The Morgan fingerprint density at radius 1 is 1.29 bits per heavy atom. The quantitative estimate of drug-likeness (QED) is 0.830. The highest BCUT2D eigenvalue weighted by Gasteiger charge is 2.05. The second-order valence-corrected chi connectivity index (χ2v) is 4.94. The predicted molar refractivity (Wildman–Crippen MR) is 62.1 cm³/mol. The summed E-state index contributed by atoms with van der Waals surface area (Å²) in [5.41, 5.74) is 2.22. The molecule has 3 heteroatoms. The average molecular weight is 227 g/mol. The van der Waals surface area contributed by atoms with Gasteiger partial charge in [-0.15, -0.1) is 11.3 Å². The van der Waals surface area contributed by atoms with E-state index in [0.29, 0.717) is 0 Å². The molecule has 0 aliphatic rings. The molecule has 0 unspecified atom stereocenters. The number of aryl methyl sites for hydroxylation is 1. The lowest BCUT2D eigenvalue weighted by Crippen LogP contribution is -1.91. The molecule has 2 rings (SSSR count). The molecule has 74 valence electrons. The molecule has 1 aromatic carbocycles. The highest BCUT2D eigenvalue weighted by molar-refractivity contribution is 7.22. The van der Waals surface area contributed by atoms with Crippen molar-refractivity contribution in [3.63, 3.8) is 0 Å². The first-order chi connectivity index (χ1) is 6.74. The standard InChI is InChI=1S/C11H11ClOS/c1-2-7-4-10-8(3-9(7)6-13)5-11(12)14-10/h3-5,13H,2,6H2,1H3. The van der Waals surface area contributed by atoms with E-state index < -0.39 is 0 Å². The Balaban J connectivity index is 2.68. The van der Waals surface area contributed by atoms with E-state index >= 15 is 0 Å². The number of rotatable bonds is 2. The highest BCUT2D eigenvalue weighted by atomic mass is 35.5. The monoisotopic (exact) mass is 226 g/mol. The number of benzene rings is 1. The third-order valence-electron chi connectivity index (χ3n) is 2.36. The Morgan fingerprint density at radius 2 is 2.07 bits per heavy atom. The Bertz CT molecular complexity index is 421. The minimum absolute atomic E-state index is 0.104. The Kier molecular flexibility index (Phi) is 2.77. The van der Waals surface area contributed by atoms with E-state index in [1.54, 1.807) is 11.3 Å². The summed E-state index contributed by atoms with van der Waals surface area (Å²) in [5, 5.41) is 10.3. The molecule has 0 aliphatic heterocycles. The summed E-state index contributed by atoms with van der Waals surface area (Å²) in [5.74, 6) is 0. The van der Waals surface area contributed by atoms with E-state index in [9.17, 15) is 5.11 Å². The van der Waals surface area contributed by atoms with Gasteiger partial charge in [-0.2, -0.15) is 0 Å². The van der Waals surface area contributed by atoms with Crippen LogP contribution < -0.4 is 0 Å². The number of halogens is 1. The molecule has 0 aliphatic carbocycles. The van der Waals surface area contributed by atoms with E-state index in [2.05, 4.69) is 13.0 Å². The van der Waals surface area contributed by atoms with E-state index in [1.165, 1.54) is 10.3 Å². The number of thiophene rings is 1. The Labute approximate surface area is 91.9 Å². The molecule has 1 aromatic heterocycles. The van der Waals surface area contributed by atoms with Crippen molar-refractivity contribution in [2.24, 2.45) is 0 Å². The van der Waals surface area contributed by atoms with Gasteiger partial charge in [0.25, 0.3) is 0 Å². The summed E-state index contributed by atoms with van der Waals surface area (Å²) >= 11 is 7.51. The lowest BCUT2D eigenvalue weighted by Gasteiger charge is -2.04. The topological polar surface area (TPSA) is 20.2 Å². The van der Waals surface area contributed by atoms with Gasteiger partial charge >= 0.3 is 0 Å². The third-order valence-corrected chi connectivity index (χ3v) is 3.59. The number of hydrogen-bond donors (Lipinski definition) is 1. The minimum atomic E-state index is 0.104. The number of aliphatic hydroxyl groups is 1. The molecule has 1 heterocycles. The molecule has 14 heavy (non-hydrogen) atoms. The fourth-order valence-electron chi connectivity index (χ4n) is 1.62. The SMILES string of the molecule is CCc1cc2sc(Cl)cc2cc1CO. The first-order valence-corrected chi connectivity index (χ1v) is 5.75. The number of aliphatic hydroxyl groups excluding tert-OH is 1. The summed E-state index contributed by atoms with van der Waals surface area (Å²) in [6.07, 6.45) is 0.946. The van der Waals surface area contributed by atoms with Crippen molar-refractivity contribution >= 4 is 33.0 Å². The van der Waals surface area contributed by atoms with E-state index in [1.807, 2.05) is 12.1 Å². The smallest absolute Gasteiger partial charge is 0.0940 e. The number of fused-ring (bicyclic) bond motifs is 1. The first-order valence-electron chi connectivity index (χ1n) is 4.56. The van der Waals surface area contributed by atoms with E-state index in [0.717, 1.165) is 21.7 Å². The van der Waals surface area contributed by atoms with Gasteiger partial charge in [0, 0.05) is 4.70 Å². The normalized spacial score (nSPS) is 11.1. The van der Waals surface area contributed by atoms with Crippen molar-refractivity contribution in [3.05, 3.63) is 33.7 Å². The van der Waals surface area contributed by atoms with E-state index in [-0.39, 0.29) is 6.61 Å². The second-order valence-electron chi connectivity index (χ2n) is 3.22. The van der Waals surface area contributed by atoms with Crippen molar-refractivity contribution in [2.45, 2.75) is 20.0 Å². The molecular weight excluding hydrogens is 216 g/mol. The van der Waals surface area contributed by atoms with Crippen LogP contribution in [0, 0.1) is 0 Å². The van der Waals surface area contributed by atoms with Crippen molar-refractivity contribution in [1.82, 2.24) is 0 Å². The fraction of sp³-hybridized carbons (Fsp3) is 0.273. The van der Waals surface area contributed by atoms with Crippen molar-refractivity contribution in [2.75, 3.05) is 0 Å². The van der Waals surface area contributed by atoms with Crippen molar-refractivity contribution in [3.8, 4) is 0 Å². The van der Waals surface area contributed by atoms with Crippen LogP contribution in [0.4, 0.5) is 0 Å². The molecule has 1 N–H and O–H groups in total. The van der Waals surface area contributed by atoms with Gasteiger partial charge in [0.2, 0.25) is 0 Å². The Morgan fingerprint density at radius 3 is 2.71 bits per heavy atom. The van der Waals surface area contributed by atoms with E-state index in [4.69, 9.17) is 11.6 Å². The average Bonchev–Trinajstić information content (AvgIpc) is 2.54. The molecule has 0 atom stereocenters. The predicted octanol–water partition coefficient (Wildman–Crippen LogP) is 3.61. The van der Waals surface area contributed by atoms with Crippen molar-refractivity contribution < 1.29 is 5.11 Å². The fourth-order valence-corrected chi connectivity index (χ4v) is 2.82. The molecule has 2 aromatic rings. The van der Waals surface area contributed by atoms with Crippen molar-refractivity contribution in [1.29, 1.82) is 0 Å². The van der Waals surface area contributed by atoms with Crippen LogP contribution in [0.5, 0.6) is 0 Å². The molecule has 0 bridgehead atoms. The summed E-state index contributed by atoms with van der Waals surface area (Å²) in [6.45, 7) is 2.20. The van der Waals surface area contributed by atoms with Crippen LogP contribution >= 0.6 is 22.9 Å². The maximum Gasteiger partial charge on any atom is 0.0940 e. The summed E-state index contributed by atoms with van der Waals surface area (Å²) in [4.78, 5) is 0. The van der Waals surface area contributed by atoms with Gasteiger partial charge in [-0.25, -0.2) is 0 Å². The highest BCUT2D eigenvalue weighted by Crippen LogP contribution is 2.31.